The molecule has 1 aliphatic heterocycles. The Bertz CT molecular complexity index is 1380. The quantitative estimate of drug-likeness (QED) is 0.454. The molecule has 8 nitrogen and oxygen atoms in total. The van der Waals surface area contributed by atoms with Gasteiger partial charge in [-0.15, -0.1) is 0 Å². The van der Waals surface area contributed by atoms with Crippen molar-refractivity contribution >= 4 is 11.6 Å². The van der Waals surface area contributed by atoms with E-state index in [2.05, 4.69) is 10.2 Å². The van der Waals surface area contributed by atoms with Crippen LogP contribution in [0.4, 0.5) is 10.1 Å². The second kappa shape index (κ2) is 7.77. The van der Waals surface area contributed by atoms with Gasteiger partial charge in [-0.05, 0) is 36.4 Å². The molecule has 0 atom stereocenters. The maximum Gasteiger partial charge on any atom is 0.251 e. The number of hydrogen-bond acceptors (Lipinski definition) is 5. The first-order valence-electron chi connectivity index (χ1n) is 9.95. The molecule has 160 valence electrons. The van der Waals surface area contributed by atoms with E-state index in [1.165, 1.54) is 35.0 Å². The van der Waals surface area contributed by atoms with E-state index in [-0.39, 0.29) is 23.0 Å². The Labute approximate surface area is 182 Å². The molecule has 0 saturated carbocycles. The highest BCUT2D eigenvalue weighted by molar-refractivity contribution is 5.99. The molecule has 32 heavy (non-hydrogen) atoms. The van der Waals surface area contributed by atoms with E-state index in [0.29, 0.717) is 24.3 Å². The van der Waals surface area contributed by atoms with Crippen molar-refractivity contribution < 1.29 is 13.9 Å². The molecule has 2 aromatic carbocycles. The summed E-state index contributed by atoms with van der Waals surface area (Å²) in [4.78, 5) is 26.2. The number of hydrogen-bond donors (Lipinski definition) is 0. The molecule has 0 spiro atoms. The summed E-state index contributed by atoms with van der Waals surface area (Å²) < 4.78 is 23.1. The van der Waals surface area contributed by atoms with Crippen molar-refractivity contribution in [2.24, 2.45) is 0 Å². The summed E-state index contributed by atoms with van der Waals surface area (Å²) in [5.74, 6) is -0.614. The lowest BCUT2D eigenvalue weighted by Crippen LogP contribution is -2.43. The van der Waals surface area contributed by atoms with Crippen molar-refractivity contribution in [2.45, 2.75) is 6.42 Å². The number of methoxy groups -OCH3 is 1. The second-order valence-electron chi connectivity index (χ2n) is 7.21. The lowest BCUT2D eigenvalue weighted by molar-refractivity contribution is -0.122. The van der Waals surface area contributed by atoms with E-state index in [1.54, 1.807) is 23.0 Å². The highest BCUT2D eigenvalue weighted by atomic mass is 19.1. The lowest BCUT2D eigenvalue weighted by Gasteiger charge is -2.30. The Morgan fingerprint density at radius 3 is 2.50 bits per heavy atom. The molecular formula is C23H18FN5O3. The zero-order valence-corrected chi connectivity index (χ0v) is 17.1. The van der Waals surface area contributed by atoms with Gasteiger partial charge < -0.3 is 9.64 Å². The van der Waals surface area contributed by atoms with Crippen LogP contribution >= 0.6 is 0 Å². The fraction of sp³-hybridized carbons (Fsp3) is 0.130. The molecule has 1 amide bonds. The molecule has 0 aliphatic carbocycles. The van der Waals surface area contributed by atoms with Crippen LogP contribution in [0.5, 0.6) is 5.75 Å². The molecule has 0 N–H and O–H groups in total. The average Bonchev–Trinajstić information content (AvgIpc) is 3.29. The highest BCUT2D eigenvalue weighted by Crippen LogP contribution is 2.27. The summed E-state index contributed by atoms with van der Waals surface area (Å²) in [6.45, 7) is 0.565. The summed E-state index contributed by atoms with van der Waals surface area (Å²) in [5, 5.41) is 8.72. The minimum Gasteiger partial charge on any atom is -0.491 e. The number of anilines is 1. The van der Waals surface area contributed by atoms with Gasteiger partial charge >= 0.3 is 0 Å². The monoisotopic (exact) mass is 431 g/mol. The SMILES string of the molecule is COc1cn(-c2ccc(N3CCC3=O)cc2F)nc(-c2ccnn2-c2ccccc2)c1=O. The number of aromatic nitrogens is 4. The fourth-order valence-corrected chi connectivity index (χ4v) is 3.60. The van der Waals surface area contributed by atoms with Crippen molar-refractivity contribution in [3.05, 3.63) is 83.0 Å². The Morgan fingerprint density at radius 1 is 1.03 bits per heavy atom. The summed E-state index contributed by atoms with van der Waals surface area (Å²) in [5.41, 5.74) is 1.41. The van der Waals surface area contributed by atoms with Gasteiger partial charge in [-0.2, -0.15) is 10.2 Å². The van der Waals surface area contributed by atoms with Crippen molar-refractivity contribution in [1.29, 1.82) is 0 Å². The van der Waals surface area contributed by atoms with Crippen LogP contribution in [0, 0.1) is 5.82 Å². The standard InChI is InChI=1S/C23H18FN5O3/c1-32-20-14-28(18-8-7-16(13-17(18)24)27-12-10-21(27)30)26-22(23(20)31)19-9-11-25-29(19)15-5-3-2-4-6-15/h2-9,11,13-14H,10,12H2,1H3. The molecule has 1 aliphatic rings. The molecule has 4 aromatic rings. The molecule has 2 aromatic heterocycles. The largest absolute Gasteiger partial charge is 0.491 e. The lowest BCUT2D eigenvalue weighted by atomic mass is 10.1. The third-order valence-corrected chi connectivity index (χ3v) is 5.33. The zero-order chi connectivity index (χ0) is 22.2. The smallest absolute Gasteiger partial charge is 0.251 e. The molecule has 0 unspecified atom stereocenters. The Morgan fingerprint density at radius 2 is 1.84 bits per heavy atom. The molecular weight excluding hydrogens is 413 g/mol. The van der Waals surface area contributed by atoms with E-state index in [9.17, 15) is 9.59 Å². The third-order valence-electron chi connectivity index (χ3n) is 5.33. The number of ether oxygens (including phenoxy) is 1. The van der Waals surface area contributed by atoms with E-state index in [1.807, 2.05) is 30.3 Å². The number of carbonyl (C=O) groups is 1. The minimum atomic E-state index is -0.581. The minimum absolute atomic E-state index is 0.0113. The molecule has 5 rings (SSSR count). The first-order valence-corrected chi connectivity index (χ1v) is 9.95. The summed E-state index contributed by atoms with van der Waals surface area (Å²) in [6, 6.07) is 15.4. The van der Waals surface area contributed by atoms with Gasteiger partial charge in [0.25, 0.3) is 5.43 Å². The zero-order valence-electron chi connectivity index (χ0n) is 17.1. The number of rotatable bonds is 5. The van der Waals surface area contributed by atoms with Crippen LogP contribution in [0.15, 0.2) is 71.8 Å². The summed E-state index contributed by atoms with van der Waals surface area (Å²) >= 11 is 0. The number of para-hydroxylation sites is 1. The number of nitrogens with zero attached hydrogens (tertiary/aromatic N) is 5. The molecule has 0 radical (unpaired) electrons. The normalized spacial score (nSPS) is 13.2. The molecule has 9 heteroatoms. The van der Waals surface area contributed by atoms with Crippen LogP contribution in [0.3, 0.4) is 0 Å². The number of carbonyl (C=O) groups excluding carboxylic acids is 1. The van der Waals surface area contributed by atoms with Gasteiger partial charge in [0, 0.05) is 18.7 Å². The Balaban J connectivity index is 1.63. The van der Waals surface area contributed by atoms with E-state index >= 15 is 4.39 Å². The van der Waals surface area contributed by atoms with Crippen molar-refractivity contribution in [2.75, 3.05) is 18.6 Å². The van der Waals surface area contributed by atoms with Crippen molar-refractivity contribution in [1.82, 2.24) is 19.6 Å². The first-order chi connectivity index (χ1) is 15.6. The predicted octanol–water partition coefficient (Wildman–Crippen LogP) is 2.97. The number of amides is 1. The summed E-state index contributed by atoms with van der Waals surface area (Å²) in [7, 11) is 1.37. The molecule has 3 heterocycles. The third kappa shape index (κ3) is 3.24. The van der Waals surface area contributed by atoms with Gasteiger partial charge in [0.05, 0.1) is 30.9 Å². The van der Waals surface area contributed by atoms with Gasteiger partial charge in [0.2, 0.25) is 5.91 Å². The van der Waals surface area contributed by atoms with Gasteiger partial charge in [0.1, 0.15) is 5.69 Å². The van der Waals surface area contributed by atoms with Crippen LogP contribution in [0.25, 0.3) is 22.8 Å². The average molecular weight is 431 g/mol. The predicted molar refractivity (Wildman–Crippen MR) is 116 cm³/mol. The summed E-state index contributed by atoms with van der Waals surface area (Å²) in [6.07, 6.45) is 3.36. The van der Waals surface area contributed by atoms with Crippen LogP contribution in [-0.2, 0) is 4.79 Å². The number of β-lactam (4-membered cyclic amide) rings is 1. The van der Waals surface area contributed by atoms with E-state index in [4.69, 9.17) is 4.74 Å². The maximum absolute atomic E-state index is 15.0. The maximum atomic E-state index is 15.0. The van der Waals surface area contributed by atoms with Crippen LogP contribution in [-0.4, -0.2) is 39.1 Å². The van der Waals surface area contributed by atoms with Crippen LogP contribution < -0.4 is 15.1 Å². The van der Waals surface area contributed by atoms with Crippen molar-refractivity contribution in [3.8, 4) is 28.5 Å². The van der Waals surface area contributed by atoms with Crippen molar-refractivity contribution in [3.63, 3.8) is 0 Å². The van der Waals surface area contributed by atoms with Crippen LogP contribution in [0.2, 0.25) is 0 Å². The van der Waals surface area contributed by atoms with Gasteiger partial charge in [-0.1, -0.05) is 18.2 Å². The topological polar surface area (TPSA) is 82.2 Å². The molecule has 1 fully saturated rings. The van der Waals surface area contributed by atoms with Gasteiger partial charge in [-0.3, -0.25) is 9.59 Å². The number of benzene rings is 2. The second-order valence-corrected chi connectivity index (χ2v) is 7.21. The van der Waals surface area contributed by atoms with Crippen LogP contribution in [0.1, 0.15) is 6.42 Å². The fourth-order valence-electron chi connectivity index (χ4n) is 3.60. The Kier molecular flexibility index (Phi) is 4.78. The van der Waals surface area contributed by atoms with Gasteiger partial charge in [-0.25, -0.2) is 13.8 Å². The first kappa shape index (κ1) is 19.7. The van der Waals surface area contributed by atoms with E-state index < -0.39 is 11.2 Å². The van der Waals surface area contributed by atoms with Gasteiger partial charge in [0.15, 0.2) is 17.3 Å². The molecule has 1 saturated heterocycles. The highest BCUT2D eigenvalue weighted by Gasteiger charge is 2.26. The Hall–Kier alpha value is -4.27. The molecule has 0 bridgehead atoms. The number of halogens is 1. The van der Waals surface area contributed by atoms with E-state index in [0.717, 1.165) is 5.69 Å².